The van der Waals surface area contributed by atoms with Crippen molar-refractivity contribution in [1.82, 2.24) is 0 Å². The zero-order valence-corrected chi connectivity index (χ0v) is 14.2. The molecule has 3 nitrogen and oxygen atoms in total. The molecule has 0 amide bonds. The Bertz CT molecular complexity index is 462. The highest BCUT2D eigenvalue weighted by Gasteiger charge is 2.38. The van der Waals surface area contributed by atoms with Crippen LogP contribution < -0.4 is 0 Å². The van der Waals surface area contributed by atoms with Crippen LogP contribution in [0.15, 0.2) is 36.0 Å². The first-order valence-corrected chi connectivity index (χ1v) is 9.11. The summed E-state index contributed by atoms with van der Waals surface area (Å²) >= 11 is 0. The van der Waals surface area contributed by atoms with Crippen LogP contribution in [0.4, 0.5) is 0 Å². The van der Waals surface area contributed by atoms with Crippen molar-refractivity contribution < 1.29 is 14.6 Å². The van der Waals surface area contributed by atoms with Gasteiger partial charge in [0.05, 0.1) is 6.10 Å². The number of ether oxygens (including phenoxy) is 1. The molecule has 2 aliphatic rings. The molecule has 3 atom stereocenters. The van der Waals surface area contributed by atoms with Crippen LogP contribution in [0.5, 0.6) is 0 Å². The molecule has 0 aromatic carbocycles. The lowest BCUT2D eigenvalue weighted by Crippen LogP contribution is -2.04. The molecule has 0 radical (unpaired) electrons. The molecule has 0 unspecified atom stereocenters. The van der Waals surface area contributed by atoms with Gasteiger partial charge in [0.2, 0.25) is 0 Å². The summed E-state index contributed by atoms with van der Waals surface area (Å²) in [5, 5.41) is 8.75. The molecule has 1 aliphatic carbocycles. The maximum atomic E-state index is 12.0. The van der Waals surface area contributed by atoms with Crippen LogP contribution in [0.25, 0.3) is 0 Å². The van der Waals surface area contributed by atoms with Gasteiger partial charge in [-0.1, -0.05) is 44.4 Å². The average molecular weight is 318 g/mol. The van der Waals surface area contributed by atoms with E-state index in [1.807, 2.05) is 6.08 Å². The van der Waals surface area contributed by atoms with E-state index < -0.39 is 0 Å². The number of rotatable bonds is 11. The van der Waals surface area contributed by atoms with Crippen LogP contribution in [0.2, 0.25) is 0 Å². The van der Waals surface area contributed by atoms with Gasteiger partial charge in [-0.2, -0.15) is 0 Å². The van der Waals surface area contributed by atoms with Crippen molar-refractivity contribution >= 4 is 5.78 Å². The van der Waals surface area contributed by atoms with Crippen LogP contribution in [0, 0.1) is 5.92 Å². The minimum absolute atomic E-state index is 0.145. The van der Waals surface area contributed by atoms with Gasteiger partial charge in [-0.05, 0) is 44.3 Å². The van der Waals surface area contributed by atoms with E-state index in [1.165, 1.54) is 19.3 Å². The van der Waals surface area contributed by atoms with Crippen LogP contribution >= 0.6 is 0 Å². The van der Waals surface area contributed by atoms with E-state index in [4.69, 9.17) is 9.84 Å². The Morgan fingerprint density at radius 2 is 2.09 bits per heavy atom. The van der Waals surface area contributed by atoms with Gasteiger partial charge in [-0.15, -0.1) is 0 Å². The summed E-state index contributed by atoms with van der Waals surface area (Å²) in [6, 6.07) is 0. The van der Waals surface area contributed by atoms with E-state index in [0.29, 0.717) is 6.10 Å². The zero-order valence-electron chi connectivity index (χ0n) is 14.2. The van der Waals surface area contributed by atoms with Gasteiger partial charge in [0.15, 0.2) is 5.78 Å². The summed E-state index contributed by atoms with van der Waals surface area (Å²) in [7, 11) is 0. The number of ketones is 1. The largest absolute Gasteiger partial charge is 0.396 e. The van der Waals surface area contributed by atoms with Crippen LogP contribution in [0.1, 0.15) is 58.3 Å². The van der Waals surface area contributed by atoms with E-state index in [1.54, 1.807) is 6.08 Å². The molecule has 1 aliphatic heterocycles. The number of aliphatic hydroxyl groups is 1. The van der Waals surface area contributed by atoms with Crippen molar-refractivity contribution in [3.05, 3.63) is 36.0 Å². The maximum Gasteiger partial charge on any atom is 0.181 e. The molecule has 128 valence electrons. The fourth-order valence-electron chi connectivity index (χ4n) is 3.04. The summed E-state index contributed by atoms with van der Waals surface area (Å²) in [4.78, 5) is 12.0. The van der Waals surface area contributed by atoms with E-state index in [2.05, 4.69) is 25.2 Å². The van der Waals surface area contributed by atoms with E-state index in [9.17, 15) is 4.79 Å². The Labute approximate surface area is 140 Å². The van der Waals surface area contributed by atoms with Gasteiger partial charge < -0.3 is 9.84 Å². The number of carbonyl (C=O) groups is 1. The van der Waals surface area contributed by atoms with Crippen molar-refractivity contribution in [2.45, 2.75) is 70.5 Å². The highest BCUT2D eigenvalue weighted by Crippen LogP contribution is 2.33. The molecule has 1 fully saturated rings. The fraction of sp³-hybridized carbons (Fsp3) is 0.650. The Morgan fingerprint density at radius 1 is 1.22 bits per heavy atom. The molecule has 2 rings (SSSR count). The van der Waals surface area contributed by atoms with Gasteiger partial charge in [-0.3, -0.25) is 4.79 Å². The maximum absolute atomic E-state index is 12.0. The number of hydrogen-bond donors (Lipinski definition) is 1. The van der Waals surface area contributed by atoms with Crippen molar-refractivity contribution in [3.8, 4) is 0 Å². The lowest BCUT2D eigenvalue weighted by Gasteiger charge is -2.06. The highest BCUT2D eigenvalue weighted by atomic mass is 16.6. The average Bonchev–Trinajstić information content (AvgIpc) is 3.20. The van der Waals surface area contributed by atoms with E-state index in [0.717, 1.165) is 37.7 Å². The fourth-order valence-corrected chi connectivity index (χ4v) is 3.04. The second kappa shape index (κ2) is 9.84. The molecular weight excluding hydrogens is 288 g/mol. The molecule has 1 saturated heterocycles. The third-order valence-electron chi connectivity index (χ3n) is 4.56. The zero-order chi connectivity index (χ0) is 16.5. The summed E-state index contributed by atoms with van der Waals surface area (Å²) in [5.41, 5.74) is 0.910. The minimum atomic E-state index is 0.145. The molecule has 23 heavy (non-hydrogen) atoms. The van der Waals surface area contributed by atoms with Gasteiger partial charge in [0.25, 0.3) is 0 Å². The first kappa shape index (κ1) is 18.2. The SMILES string of the molecule is CCCCC[C@H]1O[C@@H]1/C=C1/C(=O)C=C[C@@H]1C/C=C\CCCCO. The van der Waals surface area contributed by atoms with Crippen LogP contribution in [-0.2, 0) is 9.53 Å². The number of hydrogen-bond acceptors (Lipinski definition) is 3. The molecule has 3 heteroatoms. The van der Waals surface area contributed by atoms with Gasteiger partial charge in [-0.25, -0.2) is 0 Å². The first-order chi connectivity index (χ1) is 11.3. The quantitative estimate of drug-likeness (QED) is 0.270. The highest BCUT2D eigenvalue weighted by molar-refractivity contribution is 6.07. The number of aliphatic hydroxyl groups excluding tert-OH is 1. The summed E-state index contributed by atoms with van der Waals surface area (Å²) in [6.07, 6.45) is 19.1. The minimum Gasteiger partial charge on any atom is -0.396 e. The lowest BCUT2D eigenvalue weighted by atomic mass is 9.96. The summed E-state index contributed by atoms with van der Waals surface area (Å²) in [6.45, 7) is 2.47. The third kappa shape index (κ3) is 6.08. The Kier molecular flexibility index (Phi) is 7.77. The van der Waals surface area contributed by atoms with Crippen molar-refractivity contribution in [1.29, 1.82) is 0 Å². The predicted molar refractivity (Wildman–Crippen MR) is 93.2 cm³/mol. The third-order valence-corrected chi connectivity index (χ3v) is 4.56. The first-order valence-electron chi connectivity index (χ1n) is 9.11. The molecular formula is C20H30O3. The summed E-state index contributed by atoms with van der Waals surface area (Å²) in [5.74, 6) is 0.351. The number of carbonyl (C=O) groups excluding carboxylic acids is 1. The van der Waals surface area contributed by atoms with Gasteiger partial charge in [0.1, 0.15) is 6.10 Å². The molecule has 0 bridgehead atoms. The van der Waals surface area contributed by atoms with Gasteiger partial charge >= 0.3 is 0 Å². The molecule has 0 aromatic heterocycles. The van der Waals surface area contributed by atoms with Crippen molar-refractivity contribution in [3.63, 3.8) is 0 Å². The summed E-state index contributed by atoms with van der Waals surface area (Å²) < 4.78 is 5.69. The molecule has 1 heterocycles. The smallest absolute Gasteiger partial charge is 0.181 e. The second-order valence-electron chi connectivity index (χ2n) is 6.51. The van der Waals surface area contributed by atoms with Crippen LogP contribution in [-0.4, -0.2) is 29.7 Å². The van der Waals surface area contributed by atoms with Crippen molar-refractivity contribution in [2.24, 2.45) is 5.92 Å². The van der Waals surface area contributed by atoms with Gasteiger partial charge in [0, 0.05) is 18.1 Å². The Morgan fingerprint density at radius 3 is 2.87 bits per heavy atom. The topological polar surface area (TPSA) is 49.8 Å². The molecule has 0 saturated carbocycles. The molecule has 0 aromatic rings. The van der Waals surface area contributed by atoms with E-state index in [-0.39, 0.29) is 24.4 Å². The number of unbranched alkanes of at least 4 members (excludes halogenated alkanes) is 4. The standard InChI is InChI=1S/C20H30O3/c1-2-3-7-11-19-20(23-19)15-17-16(12-13-18(17)22)10-8-5-4-6-9-14-21/h5,8,12-13,15-16,19-21H,2-4,6-7,9-11,14H2,1H3/b8-5-,17-15+/t16-,19+,20+/m0/s1. The second-order valence-corrected chi connectivity index (χ2v) is 6.51. The normalized spacial score (nSPS) is 28.3. The van der Waals surface area contributed by atoms with Crippen molar-refractivity contribution in [2.75, 3.05) is 6.61 Å². The van der Waals surface area contributed by atoms with Crippen LogP contribution in [0.3, 0.4) is 0 Å². The number of epoxide rings is 1. The molecule has 0 spiro atoms. The predicted octanol–water partition coefficient (Wildman–Crippen LogP) is 4.12. The number of allylic oxidation sites excluding steroid dienone is 5. The monoisotopic (exact) mass is 318 g/mol. The van der Waals surface area contributed by atoms with E-state index >= 15 is 0 Å². The molecule has 1 N–H and O–H groups in total. The Balaban J connectivity index is 1.76. The Hall–Kier alpha value is -1.19. The lowest BCUT2D eigenvalue weighted by molar-refractivity contribution is -0.111.